The summed E-state index contributed by atoms with van der Waals surface area (Å²) in [4.78, 5) is 2.36. The Balaban J connectivity index is 2.02. The van der Waals surface area contributed by atoms with E-state index in [-0.39, 0.29) is 0 Å². The number of hydrogen-bond donors (Lipinski definition) is 0. The molecule has 1 rings (SSSR count). The topological polar surface area (TPSA) is 36.3 Å². The molecule has 10 heavy (non-hydrogen) atoms. The maximum atomic E-state index is 6.96. The fraction of sp³-hybridized carbons (Fsp3) is 1.00. The molecule has 1 saturated heterocycles. The van der Waals surface area contributed by atoms with Crippen LogP contribution in [0.2, 0.25) is 0 Å². The van der Waals surface area contributed by atoms with E-state index < -0.39 is 0 Å². The van der Waals surface area contributed by atoms with Crippen LogP contribution in [-0.4, -0.2) is 44.3 Å². The first-order valence-electron chi connectivity index (χ1n) is 3.88. The molecule has 3 heteroatoms. The number of ether oxygens (including phenoxy) is 1. The lowest BCUT2D eigenvalue weighted by atomic mass is 10.3. The summed E-state index contributed by atoms with van der Waals surface area (Å²) < 4.78 is 5.19. The highest BCUT2D eigenvalue weighted by atomic mass is 16.5. The van der Waals surface area contributed by atoms with Gasteiger partial charge in [0, 0.05) is 13.1 Å². The molecule has 1 N–H and O–H groups in total. The molecule has 0 aromatic carbocycles. The molecule has 0 aliphatic carbocycles. The third kappa shape index (κ3) is 2.64. The third-order valence-corrected chi connectivity index (χ3v) is 1.75. The third-order valence-electron chi connectivity index (χ3n) is 1.75. The maximum Gasteiger partial charge on any atom is 0.0594 e. The summed E-state index contributed by atoms with van der Waals surface area (Å²) in [5.41, 5.74) is 6.96. The van der Waals surface area contributed by atoms with E-state index in [1.807, 2.05) is 0 Å². The number of rotatable bonds is 3. The van der Waals surface area contributed by atoms with Crippen molar-refractivity contribution in [1.29, 1.82) is 0 Å². The van der Waals surface area contributed by atoms with E-state index in [1.165, 1.54) is 0 Å². The first kappa shape index (κ1) is 7.98. The molecule has 1 aliphatic heterocycles. The summed E-state index contributed by atoms with van der Waals surface area (Å²) >= 11 is 0. The van der Waals surface area contributed by atoms with Gasteiger partial charge in [-0.05, 0) is 6.54 Å². The largest absolute Gasteiger partial charge is 0.677 e. The number of nitrogens with zero attached hydrogens (tertiary/aromatic N) is 1. The minimum Gasteiger partial charge on any atom is -0.677 e. The molecule has 1 aliphatic rings. The lowest BCUT2D eigenvalue weighted by molar-refractivity contribution is 0.0379. The van der Waals surface area contributed by atoms with Gasteiger partial charge in [-0.15, -0.1) is 6.54 Å². The summed E-state index contributed by atoms with van der Waals surface area (Å²) in [6.45, 7) is 5.49. The Morgan fingerprint density at radius 3 is 2.60 bits per heavy atom. The van der Waals surface area contributed by atoms with Crippen molar-refractivity contribution in [3.8, 4) is 0 Å². The molecule has 0 atom stereocenters. The van der Waals surface area contributed by atoms with E-state index in [9.17, 15) is 0 Å². The highest BCUT2D eigenvalue weighted by molar-refractivity contribution is 4.63. The van der Waals surface area contributed by atoms with Gasteiger partial charge in [0.15, 0.2) is 0 Å². The maximum absolute atomic E-state index is 6.96. The van der Waals surface area contributed by atoms with Crippen molar-refractivity contribution < 1.29 is 4.74 Å². The predicted octanol–water partition coefficient (Wildman–Crippen LogP) is 0.761. The zero-order valence-electron chi connectivity index (χ0n) is 6.31. The second-order valence-corrected chi connectivity index (χ2v) is 2.56. The molecule has 1 fully saturated rings. The minimum atomic E-state index is 0.553. The van der Waals surface area contributed by atoms with Crippen LogP contribution in [-0.2, 0) is 4.74 Å². The van der Waals surface area contributed by atoms with Crippen LogP contribution < -0.4 is 0 Å². The molecule has 0 aromatic heterocycles. The second-order valence-electron chi connectivity index (χ2n) is 2.56. The van der Waals surface area contributed by atoms with Gasteiger partial charge >= 0.3 is 0 Å². The molecular formula is C7H15N2O-. The standard InChI is InChI=1S/C7H15N2O/c8-2-1-3-9-4-6-10-7-5-9/h8H,1-7H2/q-1. The smallest absolute Gasteiger partial charge is 0.0594 e. The Labute approximate surface area is 62.1 Å². The van der Waals surface area contributed by atoms with E-state index >= 15 is 0 Å². The summed E-state index contributed by atoms with van der Waals surface area (Å²) in [6, 6.07) is 0. The minimum absolute atomic E-state index is 0.553. The summed E-state index contributed by atoms with van der Waals surface area (Å²) in [5.74, 6) is 0. The number of nitrogens with one attached hydrogen (secondary N) is 1. The average Bonchev–Trinajstić information content (AvgIpc) is 2.03. The van der Waals surface area contributed by atoms with Crippen LogP contribution in [0.3, 0.4) is 0 Å². The van der Waals surface area contributed by atoms with Crippen molar-refractivity contribution in [3.05, 3.63) is 5.73 Å². The first-order chi connectivity index (χ1) is 4.93. The Bertz CT molecular complexity index is 81.7. The molecule has 0 aromatic rings. The van der Waals surface area contributed by atoms with Gasteiger partial charge < -0.3 is 10.5 Å². The summed E-state index contributed by atoms with van der Waals surface area (Å²) in [7, 11) is 0. The van der Waals surface area contributed by atoms with Crippen molar-refractivity contribution in [2.45, 2.75) is 6.42 Å². The Hall–Kier alpha value is -0.120. The number of hydrogen-bond acceptors (Lipinski definition) is 2. The van der Waals surface area contributed by atoms with Gasteiger partial charge in [-0.25, -0.2) is 0 Å². The van der Waals surface area contributed by atoms with Crippen LogP contribution in [0, 0.1) is 0 Å². The SMILES string of the molecule is [NH-]CCCN1CCOCC1. The van der Waals surface area contributed by atoms with E-state index in [2.05, 4.69) is 4.90 Å². The summed E-state index contributed by atoms with van der Waals surface area (Å²) in [5, 5.41) is 0. The van der Waals surface area contributed by atoms with Crippen LogP contribution in [0.5, 0.6) is 0 Å². The van der Waals surface area contributed by atoms with E-state index in [0.29, 0.717) is 6.54 Å². The Morgan fingerprint density at radius 1 is 1.30 bits per heavy atom. The van der Waals surface area contributed by atoms with Crippen LogP contribution >= 0.6 is 0 Å². The average molecular weight is 143 g/mol. The van der Waals surface area contributed by atoms with E-state index in [4.69, 9.17) is 10.5 Å². The van der Waals surface area contributed by atoms with E-state index in [0.717, 1.165) is 39.3 Å². The first-order valence-corrected chi connectivity index (χ1v) is 3.88. The van der Waals surface area contributed by atoms with Crippen LogP contribution in [0.25, 0.3) is 5.73 Å². The van der Waals surface area contributed by atoms with Gasteiger partial charge in [0.1, 0.15) is 0 Å². The van der Waals surface area contributed by atoms with Crippen LogP contribution in [0.4, 0.5) is 0 Å². The molecular weight excluding hydrogens is 128 g/mol. The molecule has 0 radical (unpaired) electrons. The van der Waals surface area contributed by atoms with Gasteiger partial charge in [0.25, 0.3) is 0 Å². The van der Waals surface area contributed by atoms with Gasteiger partial charge in [-0.2, -0.15) is 0 Å². The highest BCUT2D eigenvalue weighted by Crippen LogP contribution is 1.97. The monoisotopic (exact) mass is 143 g/mol. The molecule has 60 valence electrons. The van der Waals surface area contributed by atoms with Gasteiger partial charge in [-0.3, -0.25) is 4.90 Å². The van der Waals surface area contributed by atoms with Crippen molar-refractivity contribution >= 4 is 0 Å². The van der Waals surface area contributed by atoms with Crippen LogP contribution in [0.15, 0.2) is 0 Å². The fourth-order valence-electron chi connectivity index (χ4n) is 1.13. The molecule has 0 bridgehead atoms. The lowest BCUT2D eigenvalue weighted by Crippen LogP contribution is -2.36. The highest BCUT2D eigenvalue weighted by Gasteiger charge is 2.07. The van der Waals surface area contributed by atoms with Gasteiger partial charge in [0.05, 0.1) is 13.2 Å². The molecule has 3 nitrogen and oxygen atoms in total. The Morgan fingerprint density at radius 2 is 2.00 bits per heavy atom. The predicted molar refractivity (Wildman–Crippen MR) is 41.1 cm³/mol. The zero-order chi connectivity index (χ0) is 7.23. The molecule has 0 amide bonds. The normalized spacial score (nSPS) is 21.3. The number of morpholine rings is 1. The molecule has 1 heterocycles. The van der Waals surface area contributed by atoms with Gasteiger partial charge in [-0.1, -0.05) is 6.42 Å². The van der Waals surface area contributed by atoms with Crippen molar-refractivity contribution in [2.75, 3.05) is 39.4 Å². The van der Waals surface area contributed by atoms with Crippen LogP contribution in [0.1, 0.15) is 6.42 Å². The van der Waals surface area contributed by atoms with Crippen molar-refractivity contribution in [2.24, 2.45) is 0 Å². The quantitative estimate of drug-likeness (QED) is 0.584. The molecule has 0 unspecified atom stereocenters. The van der Waals surface area contributed by atoms with E-state index in [1.54, 1.807) is 0 Å². The van der Waals surface area contributed by atoms with Crippen molar-refractivity contribution in [1.82, 2.24) is 4.90 Å². The summed E-state index contributed by atoms with van der Waals surface area (Å²) in [6.07, 6.45) is 1.00. The fourth-order valence-corrected chi connectivity index (χ4v) is 1.13. The lowest BCUT2D eigenvalue weighted by Gasteiger charge is -2.26. The molecule has 0 saturated carbocycles. The second kappa shape index (κ2) is 4.66. The van der Waals surface area contributed by atoms with Gasteiger partial charge in [0.2, 0.25) is 0 Å². The van der Waals surface area contributed by atoms with Crippen molar-refractivity contribution in [3.63, 3.8) is 0 Å². The zero-order valence-corrected chi connectivity index (χ0v) is 6.31. The Kier molecular flexibility index (Phi) is 3.72. The molecule has 0 spiro atoms.